The summed E-state index contributed by atoms with van der Waals surface area (Å²) in [5.41, 5.74) is 0.996. The van der Waals surface area contributed by atoms with E-state index in [0.29, 0.717) is 40.4 Å². The average molecular weight is 450 g/mol. The lowest BCUT2D eigenvalue weighted by atomic mass is 10.1. The summed E-state index contributed by atoms with van der Waals surface area (Å²) in [6.07, 6.45) is 2.80. The topological polar surface area (TPSA) is 68.3 Å². The predicted molar refractivity (Wildman–Crippen MR) is 125 cm³/mol. The zero-order chi connectivity index (χ0) is 22.7. The normalized spacial score (nSPS) is 12.1. The van der Waals surface area contributed by atoms with Crippen LogP contribution in [-0.2, 0) is 0 Å². The van der Waals surface area contributed by atoms with Gasteiger partial charge >= 0.3 is 0 Å². The predicted octanol–water partition coefficient (Wildman–Crippen LogP) is 5.64. The Hall–Kier alpha value is -3.38. The lowest BCUT2D eigenvalue weighted by molar-refractivity contribution is 0.0626. The van der Waals surface area contributed by atoms with Crippen molar-refractivity contribution in [3.05, 3.63) is 93.9 Å². The summed E-state index contributed by atoms with van der Waals surface area (Å²) in [6.45, 7) is 4.48. The van der Waals surface area contributed by atoms with E-state index in [1.54, 1.807) is 45.9 Å². The molecule has 7 heteroatoms. The van der Waals surface area contributed by atoms with Gasteiger partial charge in [-0.1, -0.05) is 43.6 Å². The van der Waals surface area contributed by atoms with Crippen LogP contribution in [0.5, 0.6) is 0 Å². The maximum absolute atomic E-state index is 13.6. The Kier molecular flexibility index (Phi) is 6.42. The Morgan fingerprint density at radius 1 is 1.12 bits per heavy atom. The van der Waals surface area contributed by atoms with Crippen LogP contribution in [0.2, 0.25) is 5.02 Å². The molecule has 6 nitrogen and oxygen atoms in total. The van der Waals surface area contributed by atoms with Crippen molar-refractivity contribution in [2.75, 3.05) is 6.54 Å². The number of carbonyl (C=O) groups is 1. The molecule has 0 spiro atoms. The van der Waals surface area contributed by atoms with Gasteiger partial charge in [-0.05, 0) is 55.3 Å². The molecule has 0 radical (unpaired) electrons. The van der Waals surface area contributed by atoms with Crippen LogP contribution in [0.4, 0.5) is 0 Å². The van der Waals surface area contributed by atoms with Gasteiger partial charge in [-0.15, -0.1) is 0 Å². The van der Waals surface area contributed by atoms with Gasteiger partial charge in [-0.25, -0.2) is 4.98 Å². The zero-order valence-corrected chi connectivity index (χ0v) is 18.7. The van der Waals surface area contributed by atoms with Crippen molar-refractivity contribution < 1.29 is 9.21 Å². The third kappa shape index (κ3) is 4.06. The van der Waals surface area contributed by atoms with E-state index in [9.17, 15) is 9.59 Å². The number of aromatic nitrogens is 2. The molecule has 1 amide bonds. The van der Waals surface area contributed by atoms with Gasteiger partial charge in [0.2, 0.25) is 0 Å². The molecule has 1 unspecified atom stereocenters. The molecule has 0 saturated carbocycles. The Morgan fingerprint density at radius 2 is 1.94 bits per heavy atom. The Bertz CT molecular complexity index is 1300. The molecule has 0 bridgehead atoms. The van der Waals surface area contributed by atoms with Crippen molar-refractivity contribution in [3.63, 3.8) is 0 Å². The third-order valence-electron chi connectivity index (χ3n) is 5.39. The molecule has 2 heterocycles. The smallest absolute Gasteiger partial charge is 0.290 e. The highest BCUT2D eigenvalue weighted by Gasteiger charge is 2.30. The van der Waals surface area contributed by atoms with E-state index in [0.717, 1.165) is 6.42 Å². The second kappa shape index (κ2) is 9.40. The quantitative estimate of drug-likeness (QED) is 0.366. The summed E-state index contributed by atoms with van der Waals surface area (Å²) in [5.74, 6) is 0.518. The summed E-state index contributed by atoms with van der Waals surface area (Å²) < 4.78 is 6.95. The van der Waals surface area contributed by atoms with Gasteiger partial charge in [0, 0.05) is 11.6 Å². The van der Waals surface area contributed by atoms with E-state index in [1.807, 2.05) is 38.1 Å². The SMILES string of the molecule is CCCN(C(=O)c1ccco1)C(CC)c1nc2ccccc2c(=O)n1-c1cccc(Cl)c1. The van der Waals surface area contributed by atoms with Gasteiger partial charge in [-0.2, -0.15) is 0 Å². The lowest BCUT2D eigenvalue weighted by Crippen LogP contribution is -2.39. The van der Waals surface area contributed by atoms with Crippen molar-refractivity contribution in [1.82, 2.24) is 14.5 Å². The second-order valence-corrected chi connectivity index (χ2v) is 7.94. The molecular weight excluding hydrogens is 426 g/mol. The molecule has 0 aliphatic rings. The molecule has 4 aromatic rings. The Labute approximate surface area is 191 Å². The van der Waals surface area contributed by atoms with Crippen LogP contribution in [0.3, 0.4) is 0 Å². The highest BCUT2D eigenvalue weighted by Crippen LogP contribution is 2.28. The van der Waals surface area contributed by atoms with Gasteiger partial charge in [0.05, 0.1) is 28.9 Å². The molecule has 1 atom stereocenters. The maximum atomic E-state index is 13.6. The van der Waals surface area contributed by atoms with E-state index >= 15 is 0 Å². The number of para-hydroxylation sites is 1. The molecule has 0 N–H and O–H groups in total. The molecular formula is C25H24ClN3O3. The van der Waals surface area contributed by atoms with Crippen LogP contribution in [0.15, 0.2) is 76.1 Å². The minimum atomic E-state index is -0.441. The van der Waals surface area contributed by atoms with Gasteiger partial charge in [0.1, 0.15) is 5.82 Å². The number of amides is 1. The highest BCUT2D eigenvalue weighted by molar-refractivity contribution is 6.30. The van der Waals surface area contributed by atoms with Crippen molar-refractivity contribution in [3.8, 4) is 5.69 Å². The van der Waals surface area contributed by atoms with Crippen LogP contribution < -0.4 is 5.56 Å². The molecule has 2 aromatic heterocycles. The van der Waals surface area contributed by atoms with Crippen LogP contribution in [0.25, 0.3) is 16.6 Å². The Balaban J connectivity index is 1.97. The monoisotopic (exact) mass is 449 g/mol. The molecule has 2 aromatic carbocycles. The van der Waals surface area contributed by atoms with Gasteiger partial charge in [-0.3, -0.25) is 14.2 Å². The first-order chi connectivity index (χ1) is 15.5. The average Bonchev–Trinajstić information content (AvgIpc) is 3.34. The van der Waals surface area contributed by atoms with E-state index in [-0.39, 0.29) is 17.2 Å². The van der Waals surface area contributed by atoms with Crippen LogP contribution in [0.1, 0.15) is 49.1 Å². The molecule has 0 fully saturated rings. The van der Waals surface area contributed by atoms with Crippen molar-refractivity contribution in [1.29, 1.82) is 0 Å². The van der Waals surface area contributed by atoms with E-state index in [2.05, 4.69) is 0 Å². The minimum absolute atomic E-state index is 0.201. The van der Waals surface area contributed by atoms with Crippen molar-refractivity contribution in [2.45, 2.75) is 32.7 Å². The minimum Gasteiger partial charge on any atom is -0.459 e. The molecule has 0 saturated heterocycles. The van der Waals surface area contributed by atoms with Crippen LogP contribution in [0, 0.1) is 0 Å². The number of hydrogen-bond donors (Lipinski definition) is 0. The Morgan fingerprint density at radius 3 is 2.62 bits per heavy atom. The van der Waals surface area contributed by atoms with E-state index in [1.165, 1.54) is 6.26 Å². The summed E-state index contributed by atoms with van der Waals surface area (Å²) in [4.78, 5) is 33.5. The molecule has 32 heavy (non-hydrogen) atoms. The number of furan rings is 1. The van der Waals surface area contributed by atoms with Crippen LogP contribution in [-0.4, -0.2) is 26.9 Å². The molecule has 164 valence electrons. The first-order valence-electron chi connectivity index (χ1n) is 10.7. The molecule has 0 aliphatic heterocycles. The van der Waals surface area contributed by atoms with Crippen molar-refractivity contribution in [2.24, 2.45) is 0 Å². The van der Waals surface area contributed by atoms with Gasteiger partial charge < -0.3 is 9.32 Å². The lowest BCUT2D eigenvalue weighted by Gasteiger charge is -2.31. The second-order valence-electron chi connectivity index (χ2n) is 7.51. The number of benzene rings is 2. The highest BCUT2D eigenvalue weighted by atomic mass is 35.5. The standard InChI is InChI=1S/C25H24ClN3O3/c1-3-14-28(25(31)22-13-8-15-32-22)21(4-2)23-27-20-12-6-5-11-19(20)24(30)29(23)18-10-7-9-17(26)16-18/h5-13,15-16,21H,3-4,14H2,1-2H3. The van der Waals surface area contributed by atoms with E-state index < -0.39 is 6.04 Å². The van der Waals surface area contributed by atoms with Gasteiger partial charge in [0.25, 0.3) is 11.5 Å². The van der Waals surface area contributed by atoms with Gasteiger partial charge in [0.15, 0.2) is 5.76 Å². The number of fused-ring (bicyclic) bond motifs is 1. The molecule has 0 aliphatic carbocycles. The summed E-state index contributed by atoms with van der Waals surface area (Å²) >= 11 is 6.25. The number of nitrogens with zero attached hydrogens (tertiary/aromatic N) is 3. The van der Waals surface area contributed by atoms with Crippen molar-refractivity contribution >= 4 is 28.4 Å². The number of halogens is 1. The zero-order valence-electron chi connectivity index (χ0n) is 18.0. The number of hydrogen-bond acceptors (Lipinski definition) is 4. The molecule has 4 rings (SSSR count). The third-order valence-corrected chi connectivity index (χ3v) is 5.62. The number of rotatable bonds is 7. The summed E-state index contributed by atoms with van der Waals surface area (Å²) in [7, 11) is 0. The fourth-order valence-corrected chi connectivity index (χ4v) is 4.15. The fraction of sp³-hybridized carbons (Fsp3) is 0.240. The largest absolute Gasteiger partial charge is 0.459 e. The first-order valence-corrected chi connectivity index (χ1v) is 11.0. The summed E-state index contributed by atoms with van der Waals surface area (Å²) in [6, 6.07) is 17.2. The fourth-order valence-electron chi connectivity index (χ4n) is 3.96. The van der Waals surface area contributed by atoms with Crippen LogP contribution >= 0.6 is 11.6 Å². The number of carbonyl (C=O) groups excluding carboxylic acids is 1. The van der Waals surface area contributed by atoms with E-state index in [4.69, 9.17) is 21.0 Å². The first kappa shape index (κ1) is 21.8. The summed E-state index contributed by atoms with van der Waals surface area (Å²) in [5, 5.41) is 1.02. The maximum Gasteiger partial charge on any atom is 0.290 e.